The van der Waals surface area contributed by atoms with Crippen LogP contribution >= 0.6 is 23.7 Å². The highest BCUT2D eigenvalue weighted by molar-refractivity contribution is 7.22. The van der Waals surface area contributed by atoms with Crippen LogP contribution in [-0.4, -0.2) is 65.0 Å². The Morgan fingerprint density at radius 2 is 2.03 bits per heavy atom. The number of ether oxygens (including phenoxy) is 1. The van der Waals surface area contributed by atoms with E-state index in [1.165, 1.54) is 5.56 Å². The van der Waals surface area contributed by atoms with E-state index >= 15 is 0 Å². The number of morpholine rings is 1. The third-order valence-corrected chi connectivity index (χ3v) is 6.30. The predicted molar refractivity (Wildman–Crippen MR) is 123 cm³/mol. The molecular formula is C21H28ClN5O2S. The molecular weight excluding hydrogens is 422 g/mol. The van der Waals surface area contributed by atoms with Crippen LogP contribution in [0.2, 0.25) is 0 Å². The molecule has 9 heteroatoms. The molecule has 30 heavy (non-hydrogen) atoms. The molecule has 1 aromatic carbocycles. The highest BCUT2D eigenvalue weighted by atomic mass is 35.5. The van der Waals surface area contributed by atoms with Crippen molar-refractivity contribution in [2.45, 2.75) is 27.3 Å². The summed E-state index contributed by atoms with van der Waals surface area (Å²) in [4.78, 5) is 22.5. The lowest BCUT2D eigenvalue weighted by Crippen LogP contribution is -2.43. The van der Waals surface area contributed by atoms with E-state index in [1.54, 1.807) is 28.3 Å². The molecule has 0 saturated carbocycles. The van der Waals surface area contributed by atoms with E-state index in [9.17, 15) is 4.79 Å². The molecule has 0 spiro atoms. The Balaban J connectivity index is 0.00000256. The average molecular weight is 450 g/mol. The first-order chi connectivity index (χ1) is 14.1. The second-order valence-corrected chi connectivity index (χ2v) is 8.38. The Bertz CT molecular complexity index is 1010. The molecule has 0 radical (unpaired) electrons. The summed E-state index contributed by atoms with van der Waals surface area (Å²) in [6, 6.07) is 6.07. The van der Waals surface area contributed by atoms with Crippen molar-refractivity contribution in [1.82, 2.24) is 19.7 Å². The van der Waals surface area contributed by atoms with Crippen molar-refractivity contribution in [1.29, 1.82) is 0 Å². The van der Waals surface area contributed by atoms with Crippen molar-refractivity contribution in [3.63, 3.8) is 0 Å². The number of hydrogen-bond donors (Lipinski definition) is 0. The van der Waals surface area contributed by atoms with Gasteiger partial charge in [-0.25, -0.2) is 4.98 Å². The van der Waals surface area contributed by atoms with Crippen LogP contribution in [0.5, 0.6) is 0 Å². The van der Waals surface area contributed by atoms with E-state index < -0.39 is 0 Å². The number of aryl methyl sites for hydroxylation is 3. The summed E-state index contributed by atoms with van der Waals surface area (Å²) >= 11 is 1.58. The zero-order valence-electron chi connectivity index (χ0n) is 17.6. The molecule has 0 bridgehead atoms. The van der Waals surface area contributed by atoms with Crippen molar-refractivity contribution in [2.75, 3.05) is 44.3 Å². The molecule has 7 nitrogen and oxygen atoms in total. The van der Waals surface area contributed by atoms with E-state index in [-0.39, 0.29) is 18.3 Å². The molecule has 3 heterocycles. The molecule has 2 aromatic heterocycles. The number of halogens is 1. The van der Waals surface area contributed by atoms with Crippen LogP contribution in [-0.2, 0) is 11.3 Å². The number of fused-ring (bicyclic) bond motifs is 1. The molecule has 1 saturated heterocycles. The Morgan fingerprint density at radius 1 is 1.27 bits per heavy atom. The van der Waals surface area contributed by atoms with Crippen LogP contribution < -0.4 is 4.90 Å². The van der Waals surface area contributed by atoms with E-state index in [2.05, 4.69) is 36.0 Å². The number of thiazole rings is 1. The molecule has 1 aliphatic heterocycles. The molecule has 0 unspecified atom stereocenters. The van der Waals surface area contributed by atoms with Gasteiger partial charge in [0, 0.05) is 38.9 Å². The zero-order valence-corrected chi connectivity index (χ0v) is 19.3. The molecule has 0 N–H and O–H groups in total. The zero-order chi connectivity index (χ0) is 20.4. The Hall–Kier alpha value is -2.00. The lowest BCUT2D eigenvalue weighted by molar-refractivity contribution is 0.0391. The van der Waals surface area contributed by atoms with Gasteiger partial charge in [-0.3, -0.25) is 19.3 Å². The van der Waals surface area contributed by atoms with Crippen molar-refractivity contribution in [2.24, 2.45) is 0 Å². The van der Waals surface area contributed by atoms with Gasteiger partial charge in [0.1, 0.15) is 5.69 Å². The standard InChI is InChI=1S/C21H27N5O2S.ClH/c1-4-26-17(5-6-22-26)20(27)25(8-7-24-9-11-28-12-10-24)21-23-19-16(3)13-15(2)14-18(19)29-21;/h5-6,13-14H,4,7-12H2,1-3H3;1H. The minimum atomic E-state index is -0.0500. The first-order valence-electron chi connectivity index (χ1n) is 10.1. The number of anilines is 1. The molecule has 1 aliphatic rings. The first-order valence-corrected chi connectivity index (χ1v) is 10.9. The fourth-order valence-corrected chi connectivity index (χ4v) is 4.90. The summed E-state index contributed by atoms with van der Waals surface area (Å²) in [6.45, 7) is 11.5. The van der Waals surface area contributed by atoms with Crippen LogP contribution in [0.4, 0.5) is 5.13 Å². The van der Waals surface area contributed by atoms with Gasteiger partial charge in [-0.05, 0) is 44.0 Å². The number of carbonyl (C=O) groups is 1. The second-order valence-electron chi connectivity index (χ2n) is 7.37. The number of aromatic nitrogens is 3. The third-order valence-electron chi connectivity index (χ3n) is 5.27. The van der Waals surface area contributed by atoms with Crippen LogP contribution in [0.3, 0.4) is 0 Å². The SMILES string of the molecule is CCn1nccc1C(=O)N(CCN1CCOCC1)c1nc2c(C)cc(C)cc2s1.Cl. The molecule has 0 atom stereocenters. The lowest BCUT2D eigenvalue weighted by atomic mass is 10.1. The Kier molecular flexibility index (Phi) is 7.46. The number of benzene rings is 1. The fraction of sp³-hybridized carbons (Fsp3) is 0.476. The minimum absolute atomic E-state index is 0. The summed E-state index contributed by atoms with van der Waals surface area (Å²) in [7, 11) is 0. The predicted octanol–water partition coefficient (Wildman–Crippen LogP) is 3.53. The summed E-state index contributed by atoms with van der Waals surface area (Å²) in [5.41, 5.74) is 3.92. The van der Waals surface area contributed by atoms with Crippen molar-refractivity contribution in [3.05, 3.63) is 41.2 Å². The largest absolute Gasteiger partial charge is 0.379 e. The number of carbonyl (C=O) groups excluding carboxylic acids is 1. The van der Waals surface area contributed by atoms with Gasteiger partial charge in [-0.1, -0.05) is 17.4 Å². The normalized spacial score (nSPS) is 14.6. The molecule has 0 aliphatic carbocycles. The summed E-state index contributed by atoms with van der Waals surface area (Å²) in [5.74, 6) is -0.0500. The van der Waals surface area contributed by atoms with E-state index in [1.807, 2.05) is 11.8 Å². The minimum Gasteiger partial charge on any atom is -0.379 e. The van der Waals surface area contributed by atoms with Gasteiger partial charge < -0.3 is 4.74 Å². The van der Waals surface area contributed by atoms with Crippen LogP contribution in [0.25, 0.3) is 10.2 Å². The Labute approximate surface area is 187 Å². The van der Waals surface area contributed by atoms with Gasteiger partial charge in [0.15, 0.2) is 5.13 Å². The second kappa shape index (κ2) is 9.87. The van der Waals surface area contributed by atoms with E-state index in [0.29, 0.717) is 18.8 Å². The topological polar surface area (TPSA) is 63.5 Å². The maximum Gasteiger partial charge on any atom is 0.278 e. The third kappa shape index (κ3) is 4.67. The summed E-state index contributed by atoms with van der Waals surface area (Å²) < 4.78 is 8.31. The maximum absolute atomic E-state index is 13.5. The first kappa shape index (κ1) is 22.7. The highest BCUT2D eigenvalue weighted by Crippen LogP contribution is 2.32. The fourth-order valence-electron chi connectivity index (χ4n) is 3.73. The molecule has 1 amide bonds. The molecule has 4 rings (SSSR count). The van der Waals surface area contributed by atoms with Crippen LogP contribution in [0.15, 0.2) is 24.4 Å². The van der Waals surface area contributed by atoms with Crippen molar-refractivity contribution >= 4 is 45.0 Å². The van der Waals surface area contributed by atoms with Gasteiger partial charge in [0.25, 0.3) is 5.91 Å². The monoisotopic (exact) mass is 449 g/mol. The van der Waals surface area contributed by atoms with Crippen molar-refractivity contribution in [3.8, 4) is 0 Å². The van der Waals surface area contributed by atoms with E-state index in [4.69, 9.17) is 9.72 Å². The highest BCUT2D eigenvalue weighted by Gasteiger charge is 2.25. The summed E-state index contributed by atoms with van der Waals surface area (Å²) in [6.07, 6.45) is 1.68. The van der Waals surface area contributed by atoms with Crippen LogP contribution in [0.1, 0.15) is 28.5 Å². The number of amides is 1. The van der Waals surface area contributed by atoms with Gasteiger partial charge in [0.2, 0.25) is 0 Å². The summed E-state index contributed by atoms with van der Waals surface area (Å²) in [5, 5.41) is 5.02. The van der Waals surface area contributed by atoms with Gasteiger partial charge in [-0.2, -0.15) is 5.10 Å². The number of nitrogens with zero attached hydrogens (tertiary/aromatic N) is 5. The number of hydrogen-bond acceptors (Lipinski definition) is 6. The van der Waals surface area contributed by atoms with Gasteiger partial charge >= 0.3 is 0 Å². The molecule has 1 fully saturated rings. The van der Waals surface area contributed by atoms with Gasteiger partial charge in [-0.15, -0.1) is 12.4 Å². The maximum atomic E-state index is 13.5. The Morgan fingerprint density at radius 3 is 2.77 bits per heavy atom. The quantitative estimate of drug-likeness (QED) is 0.576. The van der Waals surface area contributed by atoms with Gasteiger partial charge in [0.05, 0.1) is 23.4 Å². The van der Waals surface area contributed by atoms with E-state index in [0.717, 1.165) is 53.8 Å². The smallest absolute Gasteiger partial charge is 0.278 e. The molecule has 162 valence electrons. The lowest BCUT2D eigenvalue weighted by Gasteiger charge is -2.29. The average Bonchev–Trinajstić information content (AvgIpc) is 3.35. The van der Waals surface area contributed by atoms with Crippen molar-refractivity contribution < 1.29 is 9.53 Å². The molecule has 3 aromatic rings. The number of rotatable bonds is 6. The van der Waals surface area contributed by atoms with Crippen LogP contribution in [0, 0.1) is 13.8 Å².